The molecule has 0 radical (unpaired) electrons. The van der Waals surface area contributed by atoms with Crippen LogP contribution in [0.3, 0.4) is 0 Å². The lowest BCUT2D eigenvalue weighted by Gasteiger charge is -2.41. The topological polar surface area (TPSA) is 138 Å². The van der Waals surface area contributed by atoms with Gasteiger partial charge >= 0.3 is 0 Å². The first-order valence-electron chi connectivity index (χ1n) is 22.7. The van der Waals surface area contributed by atoms with Crippen LogP contribution in [0.2, 0.25) is 0 Å². The number of unbranched alkanes of at least 4 members (excludes halogenated alkanes) is 8. The third-order valence-corrected chi connectivity index (χ3v) is 12.4. The zero-order chi connectivity index (χ0) is 42.7. The molecule has 6 rings (SSSR count). The van der Waals surface area contributed by atoms with Crippen molar-refractivity contribution < 1.29 is 29.9 Å². The van der Waals surface area contributed by atoms with E-state index >= 15 is 0 Å². The number of hydrogen-bond donors (Lipinski definition) is 4. The van der Waals surface area contributed by atoms with Crippen LogP contribution in [0, 0.1) is 0 Å². The van der Waals surface area contributed by atoms with Crippen molar-refractivity contribution in [2.75, 3.05) is 92.9 Å². The quantitative estimate of drug-likeness (QED) is 0.0648. The molecular formula is C48H74N6O6. The van der Waals surface area contributed by atoms with Crippen molar-refractivity contribution >= 4 is 21.8 Å². The average molecular weight is 831 g/mol. The summed E-state index contributed by atoms with van der Waals surface area (Å²) in [5, 5.41) is 43.7. The molecule has 2 aliphatic heterocycles. The molecule has 0 aliphatic carbocycles. The van der Waals surface area contributed by atoms with Crippen molar-refractivity contribution in [3.05, 3.63) is 72.1 Å². The Balaban J connectivity index is 0.000000228. The Morgan fingerprint density at radius 3 is 1.38 bits per heavy atom. The summed E-state index contributed by atoms with van der Waals surface area (Å²) in [6, 6.07) is 15.6. The van der Waals surface area contributed by atoms with Gasteiger partial charge in [-0.3, -0.25) is 29.6 Å². The van der Waals surface area contributed by atoms with Gasteiger partial charge in [0.05, 0.1) is 50.7 Å². The van der Waals surface area contributed by atoms with Crippen molar-refractivity contribution in [1.29, 1.82) is 0 Å². The van der Waals surface area contributed by atoms with Gasteiger partial charge in [-0.25, -0.2) is 0 Å². The molecule has 0 spiro atoms. The Hall–Kier alpha value is -3.46. The number of benzene rings is 2. The number of nitrogens with zero attached hydrogens (tertiary/aromatic N) is 6. The fourth-order valence-electron chi connectivity index (χ4n) is 8.83. The lowest BCUT2D eigenvalue weighted by atomic mass is 10.0. The predicted molar refractivity (Wildman–Crippen MR) is 242 cm³/mol. The molecule has 0 saturated carbocycles. The molecule has 2 fully saturated rings. The standard InChI is InChI=1S/2C24H37N3O3/c2*1-3-4-5-6-7-12-27-14-13-26(16-19(27)18-28)17-24(29)21-10-11-25-23-9-8-20(30-2)15-22(21)23/h2*8-11,15,19,24,28-29H,3-7,12-14,16-18H2,1-2H3/t2*19-,24?/m10/s1. The maximum absolute atomic E-state index is 11.0. The minimum Gasteiger partial charge on any atom is -0.497 e. The second kappa shape index (κ2) is 25.5. The molecule has 12 heteroatoms. The van der Waals surface area contributed by atoms with Gasteiger partial charge in [-0.2, -0.15) is 0 Å². The highest BCUT2D eigenvalue weighted by atomic mass is 16.5. The molecule has 12 nitrogen and oxygen atoms in total. The summed E-state index contributed by atoms with van der Waals surface area (Å²) in [7, 11) is 3.29. The van der Waals surface area contributed by atoms with E-state index in [4.69, 9.17) is 9.47 Å². The number of fused-ring (bicyclic) bond motifs is 2. The molecule has 4 aromatic rings. The van der Waals surface area contributed by atoms with Gasteiger partial charge in [0.25, 0.3) is 0 Å². The molecular weight excluding hydrogens is 757 g/mol. The van der Waals surface area contributed by atoms with E-state index in [9.17, 15) is 20.4 Å². The highest BCUT2D eigenvalue weighted by Gasteiger charge is 2.29. The summed E-state index contributed by atoms with van der Waals surface area (Å²) in [4.78, 5) is 18.2. The van der Waals surface area contributed by atoms with Gasteiger partial charge in [0.2, 0.25) is 0 Å². The number of ether oxygens (including phenoxy) is 2. The molecule has 4 atom stereocenters. The number of aromatic nitrogens is 2. The van der Waals surface area contributed by atoms with Crippen molar-refractivity contribution in [1.82, 2.24) is 29.6 Å². The first-order valence-corrected chi connectivity index (χ1v) is 22.7. The second-order valence-corrected chi connectivity index (χ2v) is 16.7. The van der Waals surface area contributed by atoms with Gasteiger partial charge < -0.3 is 29.9 Å². The lowest BCUT2D eigenvalue weighted by Crippen LogP contribution is -2.55. The minimum atomic E-state index is -0.609. The number of aliphatic hydroxyl groups excluding tert-OH is 4. The zero-order valence-corrected chi connectivity index (χ0v) is 36.9. The van der Waals surface area contributed by atoms with Gasteiger partial charge in [-0.1, -0.05) is 65.2 Å². The Kier molecular flexibility index (Phi) is 20.2. The number of methoxy groups -OCH3 is 2. The van der Waals surface area contributed by atoms with Crippen molar-refractivity contribution in [3.8, 4) is 11.5 Å². The monoisotopic (exact) mass is 831 g/mol. The van der Waals surface area contributed by atoms with Gasteiger partial charge in [-0.15, -0.1) is 0 Å². The number of pyridine rings is 2. The Morgan fingerprint density at radius 1 is 0.583 bits per heavy atom. The molecule has 0 amide bonds. The molecule has 0 bridgehead atoms. The van der Waals surface area contributed by atoms with Gasteiger partial charge in [0, 0.05) is 87.6 Å². The number of β-amino-alcohol motifs (C(OH)–C–C–N with tert-alkyl or cyclic N) is 2. The minimum absolute atomic E-state index is 0.145. The third kappa shape index (κ3) is 13.8. The number of hydrogen-bond acceptors (Lipinski definition) is 12. The summed E-state index contributed by atoms with van der Waals surface area (Å²) >= 11 is 0. The molecule has 4 N–H and O–H groups in total. The van der Waals surface area contributed by atoms with Crippen LogP contribution in [-0.2, 0) is 0 Å². The van der Waals surface area contributed by atoms with Crippen LogP contribution in [0.4, 0.5) is 0 Å². The van der Waals surface area contributed by atoms with Crippen LogP contribution in [0.1, 0.15) is 101 Å². The summed E-state index contributed by atoms with van der Waals surface area (Å²) in [6.07, 6.45) is 15.0. The van der Waals surface area contributed by atoms with Crippen LogP contribution < -0.4 is 9.47 Å². The largest absolute Gasteiger partial charge is 0.497 e. The zero-order valence-electron chi connectivity index (χ0n) is 36.9. The fraction of sp³-hybridized carbons (Fsp3) is 0.625. The average Bonchev–Trinajstić information content (AvgIpc) is 3.28. The summed E-state index contributed by atoms with van der Waals surface area (Å²) in [5.74, 6) is 1.52. The first kappa shape index (κ1) is 47.6. The van der Waals surface area contributed by atoms with E-state index in [0.717, 1.165) is 96.8 Å². The number of aliphatic hydroxyl groups is 4. The Morgan fingerprint density at radius 2 is 1.00 bits per heavy atom. The van der Waals surface area contributed by atoms with Crippen LogP contribution in [0.5, 0.6) is 11.5 Å². The third-order valence-electron chi connectivity index (χ3n) is 12.4. The highest BCUT2D eigenvalue weighted by molar-refractivity contribution is 5.84. The van der Waals surface area contributed by atoms with Gasteiger partial charge in [0.1, 0.15) is 11.5 Å². The Bertz CT molecular complexity index is 1700. The van der Waals surface area contributed by atoms with E-state index in [1.165, 1.54) is 64.2 Å². The molecule has 2 aromatic carbocycles. The van der Waals surface area contributed by atoms with E-state index in [2.05, 4.69) is 43.4 Å². The van der Waals surface area contributed by atoms with Gasteiger partial charge in [0.15, 0.2) is 0 Å². The summed E-state index contributed by atoms with van der Waals surface area (Å²) < 4.78 is 10.7. The van der Waals surface area contributed by atoms with E-state index in [-0.39, 0.29) is 25.3 Å². The van der Waals surface area contributed by atoms with E-state index in [0.29, 0.717) is 13.1 Å². The molecule has 60 heavy (non-hydrogen) atoms. The van der Waals surface area contributed by atoms with Crippen LogP contribution in [-0.4, -0.2) is 155 Å². The summed E-state index contributed by atoms with van der Waals surface area (Å²) in [5.41, 5.74) is 3.46. The number of piperazine rings is 2. The van der Waals surface area contributed by atoms with Crippen LogP contribution in [0.15, 0.2) is 60.9 Å². The SMILES string of the molecule is CCCCCCCN1CCN(CC(O)c2ccnc3ccc(OC)cc23)C[C@@H]1CO.CCCCCCCN1CCN(CC(O)c2ccnc3ccc(OC)cc23)C[C@H]1CO. The highest BCUT2D eigenvalue weighted by Crippen LogP contribution is 2.29. The lowest BCUT2D eigenvalue weighted by molar-refractivity contribution is 0.0170. The fourth-order valence-corrected chi connectivity index (χ4v) is 8.83. The molecule has 2 saturated heterocycles. The van der Waals surface area contributed by atoms with Gasteiger partial charge in [-0.05, 0) is 85.6 Å². The molecule has 2 aromatic heterocycles. The van der Waals surface area contributed by atoms with E-state index < -0.39 is 12.2 Å². The molecule has 4 heterocycles. The van der Waals surface area contributed by atoms with E-state index in [1.807, 2.05) is 48.5 Å². The van der Waals surface area contributed by atoms with Crippen molar-refractivity contribution in [3.63, 3.8) is 0 Å². The molecule has 2 unspecified atom stereocenters. The van der Waals surface area contributed by atoms with Crippen molar-refractivity contribution in [2.45, 2.75) is 102 Å². The molecule has 332 valence electrons. The van der Waals surface area contributed by atoms with Crippen LogP contribution >= 0.6 is 0 Å². The summed E-state index contributed by atoms with van der Waals surface area (Å²) in [6.45, 7) is 13.3. The number of rotatable bonds is 22. The maximum atomic E-state index is 11.0. The van der Waals surface area contributed by atoms with E-state index in [1.54, 1.807) is 26.6 Å². The normalized spacial score (nSPS) is 19.3. The van der Waals surface area contributed by atoms with Crippen LogP contribution in [0.25, 0.3) is 21.8 Å². The predicted octanol–water partition coefficient (Wildman–Crippen LogP) is 6.45. The second-order valence-electron chi connectivity index (χ2n) is 16.7. The maximum Gasteiger partial charge on any atom is 0.119 e. The smallest absolute Gasteiger partial charge is 0.119 e. The molecule has 2 aliphatic rings. The Labute approximate surface area is 359 Å². The van der Waals surface area contributed by atoms with Crippen molar-refractivity contribution in [2.24, 2.45) is 0 Å². The first-order chi connectivity index (χ1) is 29.3.